The summed E-state index contributed by atoms with van der Waals surface area (Å²) in [7, 11) is 4.04. The Bertz CT molecular complexity index is 687. The van der Waals surface area contributed by atoms with E-state index in [9.17, 15) is 4.79 Å². The summed E-state index contributed by atoms with van der Waals surface area (Å²) in [5.41, 5.74) is 2.24. The van der Waals surface area contributed by atoms with Crippen molar-refractivity contribution in [3.8, 4) is 5.88 Å². The molecule has 0 saturated heterocycles. The van der Waals surface area contributed by atoms with E-state index in [4.69, 9.17) is 9.15 Å². The van der Waals surface area contributed by atoms with Gasteiger partial charge >= 0.3 is 0 Å². The van der Waals surface area contributed by atoms with Crippen molar-refractivity contribution < 1.29 is 13.9 Å². The summed E-state index contributed by atoms with van der Waals surface area (Å²) in [5.74, 6) is 1.82. The highest BCUT2D eigenvalue weighted by atomic mass is 32.2. The van der Waals surface area contributed by atoms with Crippen LogP contribution in [0.4, 0.5) is 0 Å². The number of hydrogen-bond donors (Lipinski definition) is 1. The SMILES string of the molecule is CN(C)Cc1ccnc(OC/C=C\CNC(=O)CSCc2ccoc2)c1. The van der Waals surface area contributed by atoms with Gasteiger partial charge < -0.3 is 19.4 Å². The van der Waals surface area contributed by atoms with Gasteiger partial charge in [-0.3, -0.25) is 4.79 Å². The van der Waals surface area contributed by atoms with Crippen LogP contribution in [0.3, 0.4) is 0 Å². The van der Waals surface area contributed by atoms with E-state index in [-0.39, 0.29) is 5.91 Å². The molecule has 2 heterocycles. The van der Waals surface area contributed by atoms with Crippen molar-refractivity contribution in [2.75, 3.05) is 33.0 Å². The van der Waals surface area contributed by atoms with Crippen molar-refractivity contribution in [3.63, 3.8) is 0 Å². The average Bonchev–Trinajstić information content (AvgIpc) is 3.11. The number of furan rings is 1. The first kappa shape index (κ1) is 20.1. The Kier molecular flexibility index (Phi) is 8.78. The summed E-state index contributed by atoms with van der Waals surface area (Å²) in [6.45, 7) is 1.76. The molecule has 2 aromatic heterocycles. The molecule has 0 aliphatic heterocycles. The van der Waals surface area contributed by atoms with Crippen LogP contribution < -0.4 is 10.1 Å². The summed E-state index contributed by atoms with van der Waals surface area (Å²) in [5, 5.41) is 2.85. The maximum atomic E-state index is 11.7. The zero-order valence-corrected chi connectivity index (χ0v) is 16.0. The molecule has 1 amide bonds. The Balaban J connectivity index is 1.57. The quantitative estimate of drug-likeness (QED) is 0.609. The lowest BCUT2D eigenvalue weighted by Crippen LogP contribution is -2.25. The van der Waals surface area contributed by atoms with Gasteiger partial charge in [0.2, 0.25) is 11.8 Å². The summed E-state index contributed by atoms with van der Waals surface area (Å²) < 4.78 is 10.6. The van der Waals surface area contributed by atoms with Crippen molar-refractivity contribution in [2.24, 2.45) is 0 Å². The van der Waals surface area contributed by atoms with Gasteiger partial charge in [-0.2, -0.15) is 0 Å². The fourth-order valence-electron chi connectivity index (χ4n) is 2.14. The highest BCUT2D eigenvalue weighted by Gasteiger charge is 2.01. The molecule has 0 saturated carbocycles. The molecule has 1 N–H and O–H groups in total. The molecule has 6 nitrogen and oxygen atoms in total. The van der Waals surface area contributed by atoms with E-state index >= 15 is 0 Å². The summed E-state index contributed by atoms with van der Waals surface area (Å²) >= 11 is 1.56. The molecule has 0 aliphatic carbocycles. The predicted molar refractivity (Wildman–Crippen MR) is 104 cm³/mol. The van der Waals surface area contributed by atoms with Crippen LogP contribution in [0.2, 0.25) is 0 Å². The summed E-state index contributed by atoms with van der Waals surface area (Å²) in [6, 6.07) is 5.81. The first-order valence-electron chi connectivity index (χ1n) is 8.36. The van der Waals surface area contributed by atoms with Crippen LogP contribution in [-0.4, -0.2) is 48.8 Å². The van der Waals surface area contributed by atoms with Crippen LogP contribution in [0.15, 0.2) is 53.5 Å². The van der Waals surface area contributed by atoms with Crippen LogP contribution in [0.5, 0.6) is 5.88 Å². The maximum Gasteiger partial charge on any atom is 0.230 e. The molecule has 0 spiro atoms. The van der Waals surface area contributed by atoms with Crippen LogP contribution in [0.1, 0.15) is 11.1 Å². The first-order chi connectivity index (χ1) is 12.6. The standard InChI is InChI=1S/C19H25N3O3S/c1-22(2)12-16-5-8-21-19(11-16)25-9-4-3-7-20-18(23)15-26-14-17-6-10-24-13-17/h3-6,8,10-11,13H,7,9,12,14-15H2,1-2H3,(H,20,23)/b4-3-. The average molecular weight is 375 g/mol. The van der Waals surface area contributed by atoms with Gasteiger partial charge in [0.05, 0.1) is 18.3 Å². The summed E-state index contributed by atoms with van der Waals surface area (Å²) in [6.07, 6.45) is 8.83. The second kappa shape index (κ2) is 11.4. The van der Waals surface area contributed by atoms with Gasteiger partial charge in [-0.25, -0.2) is 4.98 Å². The van der Waals surface area contributed by atoms with Gasteiger partial charge in [-0.15, -0.1) is 11.8 Å². The zero-order valence-electron chi connectivity index (χ0n) is 15.2. The molecule has 0 unspecified atom stereocenters. The Labute approximate surface area is 158 Å². The Morgan fingerprint density at radius 3 is 3.00 bits per heavy atom. The number of nitrogens with zero attached hydrogens (tertiary/aromatic N) is 2. The first-order valence-corrected chi connectivity index (χ1v) is 9.52. The van der Waals surface area contributed by atoms with Gasteiger partial charge in [-0.1, -0.05) is 6.08 Å². The molecular weight excluding hydrogens is 350 g/mol. The van der Waals surface area contributed by atoms with Crippen molar-refractivity contribution in [1.29, 1.82) is 0 Å². The second-order valence-corrected chi connectivity index (χ2v) is 6.94. The van der Waals surface area contributed by atoms with Crippen molar-refractivity contribution in [2.45, 2.75) is 12.3 Å². The highest BCUT2D eigenvalue weighted by Crippen LogP contribution is 2.12. The van der Waals surface area contributed by atoms with Crippen molar-refractivity contribution in [1.82, 2.24) is 15.2 Å². The van der Waals surface area contributed by atoms with E-state index in [2.05, 4.69) is 15.2 Å². The van der Waals surface area contributed by atoms with E-state index in [1.807, 2.05) is 44.4 Å². The van der Waals surface area contributed by atoms with Crippen molar-refractivity contribution >= 4 is 17.7 Å². The lowest BCUT2D eigenvalue weighted by molar-refractivity contribution is -0.118. The van der Waals surface area contributed by atoms with Gasteiger partial charge in [0.15, 0.2) is 0 Å². The Hall–Kier alpha value is -2.25. The Morgan fingerprint density at radius 2 is 2.23 bits per heavy atom. The number of thioether (sulfide) groups is 1. The third kappa shape index (κ3) is 8.22. The van der Waals surface area contributed by atoms with Crippen LogP contribution >= 0.6 is 11.8 Å². The monoisotopic (exact) mass is 375 g/mol. The number of ether oxygens (including phenoxy) is 1. The maximum absolute atomic E-state index is 11.7. The largest absolute Gasteiger partial charge is 0.473 e. The molecule has 0 fully saturated rings. The smallest absolute Gasteiger partial charge is 0.230 e. The van der Waals surface area contributed by atoms with Crippen LogP contribution in [0.25, 0.3) is 0 Å². The minimum atomic E-state index is 0.0158. The van der Waals surface area contributed by atoms with Gasteiger partial charge in [0, 0.05) is 36.7 Å². The molecule has 140 valence electrons. The number of aromatic nitrogens is 1. The molecule has 7 heteroatoms. The topological polar surface area (TPSA) is 67.6 Å². The zero-order chi connectivity index (χ0) is 18.6. The molecule has 2 rings (SSSR count). The van der Waals surface area contributed by atoms with E-state index < -0.39 is 0 Å². The minimum Gasteiger partial charge on any atom is -0.473 e. The number of carbonyl (C=O) groups excluding carboxylic acids is 1. The molecule has 0 aliphatic rings. The van der Waals surface area contributed by atoms with E-state index in [0.717, 1.165) is 23.4 Å². The lowest BCUT2D eigenvalue weighted by atomic mass is 10.2. The van der Waals surface area contributed by atoms with Gasteiger partial charge in [0.25, 0.3) is 0 Å². The number of nitrogens with one attached hydrogen (secondary N) is 1. The minimum absolute atomic E-state index is 0.0158. The molecular formula is C19H25N3O3S. The van der Waals surface area contributed by atoms with Gasteiger partial charge in [-0.05, 0) is 37.9 Å². The van der Waals surface area contributed by atoms with Crippen molar-refractivity contribution in [3.05, 3.63) is 60.2 Å². The third-order valence-electron chi connectivity index (χ3n) is 3.29. The number of amides is 1. The molecule has 0 bridgehead atoms. The number of pyridine rings is 1. The number of hydrogen-bond acceptors (Lipinski definition) is 6. The molecule has 0 radical (unpaired) electrons. The summed E-state index contributed by atoms with van der Waals surface area (Å²) in [4.78, 5) is 18.0. The predicted octanol–water partition coefficient (Wildman–Crippen LogP) is 2.72. The Morgan fingerprint density at radius 1 is 1.35 bits per heavy atom. The highest BCUT2D eigenvalue weighted by molar-refractivity contribution is 7.99. The van der Waals surface area contributed by atoms with E-state index in [1.54, 1.807) is 30.5 Å². The number of carbonyl (C=O) groups is 1. The molecule has 0 aromatic carbocycles. The fourth-order valence-corrected chi connectivity index (χ4v) is 2.93. The van der Waals surface area contributed by atoms with E-state index in [0.29, 0.717) is 24.8 Å². The number of rotatable bonds is 11. The normalized spacial score (nSPS) is 11.2. The fraction of sp³-hybridized carbons (Fsp3) is 0.368. The third-order valence-corrected chi connectivity index (χ3v) is 4.30. The lowest BCUT2D eigenvalue weighted by Gasteiger charge is -2.10. The van der Waals surface area contributed by atoms with Crippen LogP contribution in [-0.2, 0) is 17.1 Å². The van der Waals surface area contributed by atoms with Crippen LogP contribution in [0, 0.1) is 0 Å². The molecule has 2 aromatic rings. The molecule has 26 heavy (non-hydrogen) atoms. The second-order valence-electron chi connectivity index (χ2n) is 5.95. The van der Waals surface area contributed by atoms with Gasteiger partial charge in [0.1, 0.15) is 6.61 Å². The molecule has 0 atom stereocenters. The van der Waals surface area contributed by atoms with E-state index in [1.165, 1.54) is 0 Å².